The quantitative estimate of drug-likeness (QED) is 0.789. The van der Waals surface area contributed by atoms with Gasteiger partial charge in [0.25, 0.3) is 0 Å². The van der Waals surface area contributed by atoms with Crippen LogP contribution >= 0.6 is 0 Å². The van der Waals surface area contributed by atoms with Crippen LogP contribution in [0.3, 0.4) is 0 Å². The maximum absolute atomic E-state index is 11.5. The highest BCUT2D eigenvalue weighted by Crippen LogP contribution is 2.30. The number of amides is 1. The molecule has 2 atom stereocenters. The summed E-state index contributed by atoms with van der Waals surface area (Å²) >= 11 is 0. The lowest BCUT2D eigenvalue weighted by molar-refractivity contribution is -0.120. The summed E-state index contributed by atoms with van der Waals surface area (Å²) in [5, 5.41) is 4.07. The molecule has 2 aliphatic rings. The van der Waals surface area contributed by atoms with Crippen molar-refractivity contribution in [3.8, 4) is 0 Å². The molecule has 2 aromatic rings. The molecule has 0 bridgehead atoms. The van der Waals surface area contributed by atoms with Crippen LogP contribution in [-0.4, -0.2) is 43.5 Å². The van der Waals surface area contributed by atoms with E-state index < -0.39 is 0 Å². The van der Waals surface area contributed by atoms with Crippen molar-refractivity contribution >= 4 is 16.9 Å². The van der Waals surface area contributed by atoms with Gasteiger partial charge in [-0.2, -0.15) is 0 Å². The first kappa shape index (κ1) is 14.7. The Bertz CT molecular complexity index is 666. The second kappa shape index (κ2) is 6.31. The van der Waals surface area contributed by atoms with Crippen LogP contribution in [0, 0.1) is 5.92 Å². The van der Waals surface area contributed by atoms with Gasteiger partial charge in [-0.05, 0) is 12.1 Å². The van der Waals surface area contributed by atoms with Crippen LogP contribution in [0.1, 0.15) is 18.2 Å². The molecule has 1 aromatic carbocycles. The van der Waals surface area contributed by atoms with Crippen LogP contribution in [0.2, 0.25) is 0 Å². The van der Waals surface area contributed by atoms with Crippen molar-refractivity contribution in [1.82, 2.24) is 21.1 Å². The molecule has 0 aliphatic carbocycles. The number of carbonyl (C=O) groups excluding carboxylic acids is 1. The van der Waals surface area contributed by atoms with E-state index in [1.807, 2.05) is 18.2 Å². The fraction of sp³-hybridized carbons (Fsp3) is 0.471. The number of para-hydroxylation sites is 1. The first-order valence-electron chi connectivity index (χ1n) is 8.25. The van der Waals surface area contributed by atoms with Gasteiger partial charge in [0, 0.05) is 50.4 Å². The number of fused-ring (bicyclic) bond motifs is 1. The number of carbonyl (C=O) groups is 1. The molecule has 6 heteroatoms. The minimum absolute atomic E-state index is 0.156. The Kier molecular flexibility index (Phi) is 4.03. The van der Waals surface area contributed by atoms with E-state index in [0.717, 1.165) is 49.5 Å². The number of nitrogens with zero attached hydrogens (tertiary/aromatic N) is 1. The summed E-state index contributed by atoms with van der Waals surface area (Å²) in [6, 6.07) is 10.4. The highest BCUT2D eigenvalue weighted by Gasteiger charge is 2.32. The third-order valence-electron chi connectivity index (χ3n) is 4.74. The topological polar surface area (TPSA) is 69.5 Å². The Labute approximate surface area is 135 Å². The van der Waals surface area contributed by atoms with E-state index >= 15 is 0 Å². The highest BCUT2D eigenvalue weighted by molar-refractivity contribution is 5.78. The average Bonchev–Trinajstić information content (AvgIpc) is 3.12. The molecule has 0 saturated carbocycles. The van der Waals surface area contributed by atoms with Gasteiger partial charge in [0.2, 0.25) is 5.91 Å². The molecule has 0 radical (unpaired) electrons. The molecule has 3 heterocycles. The monoisotopic (exact) mass is 314 g/mol. The molecule has 1 aromatic heterocycles. The first-order valence-corrected chi connectivity index (χ1v) is 8.25. The summed E-state index contributed by atoms with van der Waals surface area (Å²) in [5.74, 6) is 1.55. The van der Waals surface area contributed by atoms with E-state index in [4.69, 9.17) is 4.42 Å². The molecular formula is C17H22N4O2. The smallest absolute Gasteiger partial charge is 0.221 e. The molecule has 23 heavy (non-hydrogen) atoms. The number of furan rings is 1. The van der Waals surface area contributed by atoms with Crippen LogP contribution in [0.25, 0.3) is 11.0 Å². The van der Waals surface area contributed by atoms with E-state index in [1.165, 1.54) is 0 Å². The van der Waals surface area contributed by atoms with Crippen molar-refractivity contribution in [2.24, 2.45) is 5.92 Å². The average molecular weight is 314 g/mol. The molecule has 6 nitrogen and oxygen atoms in total. The largest absolute Gasteiger partial charge is 0.459 e. The summed E-state index contributed by atoms with van der Waals surface area (Å²) in [4.78, 5) is 13.8. The number of nitrogens with one attached hydrogen (secondary N) is 3. The summed E-state index contributed by atoms with van der Waals surface area (Å²) in [5.41, 5.74) is 7.54. The normalized spacial score (nSPS) is 26.3. The zero-order valence-electron chi connectivity index (χ0n) is 13.0. The number of hydrogen-bond acceptors (Lipinski definition) is 5. The van der Waals surface area contributed by atoms with Gasteiger partial charge in [-0.15, -0.1) is 0 Å². The fourth-order valence-electron chi connectivity index (χ4n) is 3.49. The maximum Gasteiger partial charge on any atom is 0.221 e. The molecule has 2 saturated heterocycles. The minimum atomic E-state index is 0.156. The molecule has 122 valence electrons. The molecule has 2 unspecified atom stereocenters. The lowest BCUT2D eigenvalue weighted by Crippen LogP contribution is -2.35. The van der Waals surface area contributed by atoms with Gasteiger partial charge >= 0.3 is 0 Å². The van der Waals surface area contributed by atoms with Crippen molar-refractivity contribution in [2.75, 3.05) is 32.7 Å². The van der Waals surface area contributed by atoms with Crippen molar-refractivity contribution < 1.29 is 9.21 Å². The van der Waals surface area contributed by atoms with E-state index in [-0.39, 0.29) is 11.9 Å². The fourth-order valence-corrected chi connectivity index (χ4v) is 3.49. The molecule has 3 N–H and O–H groups in total. The predicted molar refractivity (Wildman–Crippen MR) is 87.7 cm³/mol. The Morgan fingerprint density at radius 1 is 1.26 bits per heavy atom. The summed E-state index contributed by atoms with van der Waals surface area (Å²) in [6.45, 7) is 4.34. The number of hydrazine groups is 1. The van der Waals surface area contributed by atoms with Gasteiger partial charge in [0.1, 0.15) is 11.3 Å². The maximum atomic E-state index is 11.5. The van der Waals surface area contributed by atoms with Gasteiger partial charge in [-0.3, -0.25) is 10.2 Å². The van der Waals surface area contributed by atoms with Crippen molar-refractivity contribution in [2.45, 2.75) is 12.5 Å². The van der Waals surface area contributed by atoms with Gasteiger partial charge < -0.3 is 14.6 Å². The van der Waals surface area contributed by atoms with E-state index in [0.29, 0.717) is 12.3 Å². The lowest BCUT2D eigenvalue weighted by Gasteiger charge is -2.25. The van der Waals surface area contributed by atoms with Crippen LogP contribution in [0.15, 0.2) is 34.7 Å². The van der Waals surface area contributed by atoms with E-state index in [9.17, 15) is 4.79 Å². The second-order valence-electron chi connectivity index (χ2n) is 6.35. The summed E-state index contributed by atoms with van der Waals surface area (Å²) in [7, 11) is 0. The Balaban J connectivity index is 1.48. The highest BCUT2D eigenvalue weighted by atomic mass is 16.3. The second-order valence-corrected chi connectivity index (χ2v) is 6.35. The predicted octanol–water partition coefficient (Wildman–Crippen LogP) is 1.02. The zero-order valence-corrected chi connectivity index (χ0v) is 13.0. The number of hydrogen-bond donors (Lipinski definition) is 3. The minimum Gasteiger partial charge on any atom is -0.459 e. The summed E-state index contributed by atoms with van der Waals surface area (Å²) in [6.07, 6.45) is 0.586. The SMILES string of the molecule is O=C1CCN(CC2CNNC2c2cc3ccccc3o2)CCN1. The standard InChI is InChI=1S/C17H22N4O2/c22-16-5-7-21(8-6-18-16)11-13-10-19-20-17(13)15-9-12-3-1-2-4-14(12)23-15/h1-4,9,13,17,19-20H,5-8,10-11H2,(H,18,22). The Hall–Kier alpha value is -1.89. The molecule has 1 amide bonds. The lowest BCUT2D eigenvalue weighted by atomic mass is 9.99. The zero-order chi connectivity index (χ0) is 15.6. The molecule has 2 aliphatic heterocycles. The Morgan fingerprint density at radius 3 is 3.09 bits per heavy atom. The number of benzene rings is 1. The van der Waals surface area contributed by atoms with Crippen LogP contribution in [-0.2, 0) is 4.79 Å². The van der Waals surface area contributed by atoms with Gasteiger partial charge in [-0.1, -0.05) is 18.2 Å². The van der Waals surface area contributed by atoms with Crippen molar-refractivity contribution in [3.63, 3.8) is 0 Å². The van der Waals surface area contributed by atoms with Crippen molar-refractivity contribution in [3.05, 3.63) is 36.1 Å². The molecule has 4 rings (SSSR count). The van der Waals surface area contributed by atoms with Gasteiger partial charge in [0.15, 0.2) is 0 Å². The molecular weight excluding hydrogens is 292 g/mol. The number of rotatable bonds is 3. The van der Waals surface area contributed by atoms with Crippen LogP contribution < -0.4 is 16.2 Å². The first-order chi connectivity index (χ1) is 11.3. The molecule has 2 fully saturated rings. The molecule has 0 spiro atoms. The third kappa shape index (κ3) is 3.10. The van der Waals surface area contributed by atoms with Crippen molar-refractivity contribution in [1.29, 1.82) is 0 Å². The van der Waals surface area contributed by atoms with E-state index in [1.54, 1.807) is 0 Å². The Morgan fingerprint density at radius 2 is 2.17 bits per heavy atom. The van der Waals surface area contributed by atoms with E-state index in [2.05, 4.69) is 33.2 Å². The van der Waals surface area contributed by atoms with Gasteiger partial charge in [0.05, 0.1) is 6.04 Å². The van der Waals surface area contributed by atoms with Crippen LogP contribution in [0.5, 0.6) is 0 Å². The summed E-state index contributed by atoms with van der Waals surface area (Å²) < 4.78 is 6.03. The third-order valence-corrected chi connectivity index (χ3v) is 4.74. The van der Waals surface area contributed by atoms with Crippen LogP contribution in [0.4, 0.5) is 0 Å². The van der Waals surface area contributed by atoms with Gasteiger partial charge in [-0.25, -0.2) is 5.43 Å².